The summed E-state index contributed by atoms with van der Waals surface area (Å²) < 4.78 is 7.43. The van der Waals surface area contributed by atoms with Gasteiger partial charge in [0.05, 0.1) is 16.7 Å². The van der Waals surface area contributed by atoms with Crippen LogP contribution in [0.3, 0.4) is 0 Å². The first-order chi connectivity index (χ1) is 14.4. The lowest BCUT2D eigenvalue weighted by molar-refractivity contribution is -0.152. The van der Waals surface area contributed by atoms with Crippen molar-refractivity contribution >= 4 is 28.6 Å². The highest BCUT2D eigenvalue weighted by molar-refractivity contribution is 7.99. The van der Waals surface area contributed by atoms with Crippen molar-refractivity contribution in [2.75, 3.05) is 12.4 Å². The van der Waals surface area contributed by atoms with E-state index in [1.165, 1.54) is 18.2 Å². The Morgan fingerprint density at radius 1 is 1.33 bits per heavy atom. The molecule has 0 aliphatic heterocycles. The van der Waals surface area contributed by atoms with Crippen LogP contribution in [-0.2, 0) is 16.1 Å². The number of esters is 1. The van der Waals surface area contributed by atoms with Gasteiger partial charge in [-0.05, 0) is 49.1 Å². The summed E-state index contributed by atoms with van der Waals surface area (Å²) in [6, 6.07) is 7.19. The number of benzene rings is 1. The van der Waals surface area contributed by atoms with E-state index < -0.39 is 0 Å². The molecule has 3 unspecified atom stereocenters. The van der Waals surface area contributed by atoms with Crippen molar-refractivity contribution in [1.29, 1.82) is 0 Å². The Balaban J connectivity index is 1.74. The summed E-state index contributed by atoms with van der Waals surface area (Å²) in [5, 5.41) is 10.2. The molecule has 0 amide bonds. The number of thioether (sulfide) groups is 1. The van der Waals surface area contributed by atoms with E-state index in [1.807, 2.05) is 12.1 Å². The number of para-hydroxylation sites is 1. The molecule has 0 saturated heterocycles. The smallest absolute Gasteiger partial charge is 0.316 e. The van der Waals surface area contributed by atoms with Crippen molar-refractivity contribution in [2.24, 2.45) is 17.8 Å². The van der Waals surface area contributed by atoms with Crippen LogP contribution in [-0.4, -0.2) is 39.1 Å². The average molecular weight is 433 g/mol. The number of aliphatic hydroxyl groups excluding tert-OH is 1. The zero-order valence-electron chi connectivity index (χ0n) is 18.0. The van der Waals surface area contributed by atoms with Gasteiger partial charge in [0.25, 0.3) is 5.56 Å². The molecule has 1 aromatic carbocycles. The number of fused-ring (bicyclic) bond motifs is 1. The summed E-state index contributed by atoms with van der Waals surface area (Å²) >= 11 is 1.23. The summed E-state index contributed by atoms with van der Waals surface area (Å²) in [6.07, 6.45) is 3.60. The van der Waals surface area contributed by atoms with Gasteiger partial charge in [-0.3, -0.25) is 14.2 Å². The van der Waals surface area contributed by atoms with Crippen molar-refractivity contribution in [1.82, 2.24) is 9.55 Å². The van der Waals surface area contributed by atoms with Crippen LogP contribution in [0.2, 0.25) is 0 Å². The molecule has 3 rings (SSSR count). The van der Waals surface area contributed by atoms with Crippen LogP contribution in [0.4, 0.5) is 0 Å². The van der Waals surface area contributed by atoms with E-state index in [1.54, 1.807) is 16.7 Å². The van der Waals surface area contributed by atoms with Crippen LogP contribution in [0.1, 0.15) is 46.5 Å². The third kappa shape index (κ3) is 5.43. The topological polar surface area (TPSA) is 81.4 Å². The highest BCUT2D eigenvalue weighted by Crippen LogP contribution is 2.35. The lowest BCUT2D eigenvalue weighted by Crippen LogP contribution is -2.36. The first kappa shape index (κ1) is 22.8. The zero-order valence-corrected chi connectivity index (χ0v) is 18.9. The molecule has 7 heteroatoms. The van der Waals surface area contributed by atoms with E-state index in [0.29, 0.717) is 46.8 Å². The molecule has 1 heterocycles. The lowest BCUT2D eigenvalue weighted by Gasteiger charge is -2.36. The van der Waals surface area contributed by atoms with Gasteiger partial charge in [-0.1, -0.05) is 51.1 Å². The largest absolute Gasteiger partial charge is 0.461 e. The maximum absolute atomic E-state index is 12.9. The number of ether oxygens (including phenoxy) is 1. The predicted molar refractivity (Wildman–Crippen MR) is 120 cm³/mol. The summed E-state index contributed by atoms with van der Waals surface area (Å²) in [6.45, 7) is 6.94. The zero-order chi connectivity index (χ0) is 21.7. The van der Waals surface area contributed by atoms with Gasteiger partial charge in [0, 0.05) is 13.2 Å². The van der Waals surface area contributed by atoms with Gasteiger partial charge in [-0.15, -0.1) is 0 Å². The third-order valence-electron chi connectivity index (χ3n) is 5.93. The van der Waals surface area contributed by atoms with Crippen LogP contribution in [0.5, 0.6) is 0 Å². The standard InChI is InChI=1S/C23H32N2O4S/c1-15(2)17-10-9-16(3)13-20(17)29-21(27)14-30-23-24-19-8-5-4-7-18(19)22(28)25(23)11-6-12-26/h4-5,7-8,15-17,20,26H,6,9-14H2,1-3H3. The van der Waals surface area contributed by atoms with Crippen LogP contribution in [0, 0.1) is 17.8 Å². The molecule has 1 aromatic heterocycles. The second kappa shape index (κ2) is 10.4. The number of aromatic nitrogens is 2. The molecular formula is C23H32N2O4S. The quantitative estimate of drug-likeness (QED) is 0.387. The Kier molecular flexibility index (Phi) is 7.94. The first-order valence-corrected chi connectivity index (χ1v) is 11.8. The van der Waals surface area contributed by atoms with E-state index >= 15 is 0 Å². The van der Waals surface area contributed by atoms with Crippen LogP contribution < -0.4 is 5.56 Å². The van der Waals surface area contributed by atoms with Crippen LogP contribution in [0.15, 0.2) is 34.2 Å². The monoisotopic (exact) mass is 432 g/mol. The summed E-state index contributed by atoms with van der Waals surface area (Å²) in [5.74, 6) is 1.29. The normalized spacial score (nSPS) is 21.8. The Bertz CT molecular complexity index is 927. The van der Waals surface area contributed by atoms with Crippen molar-refractivity contribution in [3.05, 3.63) is 34.6 Å². The fraction of sp³-hybridized carbons (Fsp3) is 0.609. The molecular weight excluding hydrogens is 400 g/mol. The van der Waals surface area contributed by atoms with E-state index in [-0.39, 0.29) is 30.0 Å². The van der Waals surface area contributed by atoms with E-state index in [0.717, 1.165) is 12.8 Å². The van der Waals surface area contributed by atoms with Gasteiger partial charge < -0.3 is 9.84 Å². The van der Waals surface area contributed by atoms with Crippen molar-refractivity contribution in [3.63, 3.8) is 0 Å². The maximum Gasteiger partial charge on any atom is 0.316 e. The summed E-state index contributed by atoms with van der Waals surface area (Å²) in [7, 11) is 0. The Hall–Kier alpha value is -1.86. The molecule has 6 nitrogen and oxygen atoms in total. The van der Waals surface area contributed by atoms with Crippen LogP contribution in [0.25, 0.3) is 10.9 Å². The van der Waals surface area contributed by atoms with Gasteiger partial charge >= 0.3 is 5.97 Å². The molecule has 3 atom stereocenters. The summed E-state index contributed by atoms with van der Waals surface area (Å²) in [5.41, 5.74) is 0.463. The van der Waals surface area contributed by atoms with E-state index in [9.17, 15) is 14.7 Å². The van der Waals surface area contributed by atoms with Gasteiger partial charge in [0.15, 0.2) is 5.16 Å². The van der Waals surface area contributed by atoms with Gasteiger partial charge in [-0.2, -0.15) is 0 Å². The molecule has 1 aliphatic carbocycles. The highest BCUT2D eigenvalue weighted by Gasteiger charge is 2.33. The minimum atomic E-state index is -0.263. The van der Waals surface area contributed by atoms with Crippen molar-refractivity contribution in [3.8, 4) is 0 Å². The van der Waals surface area contributed by atoms with Crippen molar-refractivity contribution < 1.29 is 14.6 Å². The maximum atomic E-state index is 12.9. The average Bonchev–Trinajstić information content (AvgIpc) is 2.71. The predicted octanol–water partition coefficient (Wildman–Crippen LogP) is 3.88. The van der Waals surface area contributed by atoms with Gasteiger partial charge in [0.2, 0.25) is 0 Å². The molecule has 1 fully saturated rings. The molecule has 0 spiro atoms. The second-order valence-electron chi connectivity index (χ2n) is 8.59. The Morgan fingerprint density at radius 2 is 2.10 bits per heavy atom. The Morgan fingerprint density at radius 3 is 2.83 bits per heavy atom. The first-order valence-electron chi connectivity index (χ1n) is 10.8. The van der Waals surface area contributed by atoms with E-state index in [4.69, 9.17) is 4.74 Å². The molecule has 2 aromatic rings. The minimum absolute atomic E-state index is 0.0120. The SMILES string of the molecule is CC1CCC(C(C)C)C(OC(=O)CSc2nc3ccccc3c(=O)n2CCCO)C1. The lowest BCUT2D eigenvalue weighted by atomic mass is 9.75. The number of carbonyl (C=O) groups excluding carboxylic acids is 1. The molecule has 0 radical (unpaired) electrons. The van der Waals surface area contributed by atoms with Gasteiger partial charge in [-0.25, -0.2) is 4.98 Å². The fourth-order valence-corrected chi connectivity index (χ4v) is 5.07. The minimum Gasteiger partial charge on any atom is -0.461 e. The number of aliphatic hydroxyl groups is 1. The molecule has 1 aliphatic rings. The fourth-order valence-electron chi connectivity index (χ4n) is 4.26. The number of nitrogens with zero attached hydrogens (tertiary/aromatic N) is 2. The number of hydrogen-bond donors (Lipinski definition) is 1. The molecule has 30 heavy (non-hydrogen) atoms. The molecule has 164 valence electrons. The van der Waals surface area contributed by atoms with Gasteiger partial charge in [0.1, 0.15) is 6.10 Å². The summed E-state index contributed by atoms with van der Waals surface area (Å²) in [4.78, 5) is 30.1. The second-order valence-corrected chi connectivity index (χ2v) is 9.53. The Labute approximate surface area is 182 Å². The number of hydrogen-bond acceptors (Lipinski definition) is 6. The van der Waals surface area contributed by atoms with Crippen molar-refractivity contribution in [2.45, 2.75) is 64.3 Å². The highest BCUT2D eigenvalue weighted by atomic mass is 32.2. The molecule has 1 saturated carbocycles. The number of rotatable bonds is 8. The van der Waals surface area contributed by atoms with E-state index in [2.05, 4.69) is 25.8 Å². The third-order valence-corrected chi connectivity index (χ3v) is 6.88. The molecule has 0 bridgehead atoms. The number of carbonyl (C=O) groups is 1. The van der Waals surface area contributed by atoms with Crippen LogP contribution >= 0.6 is 11.8 Å². The molecule has 1 N–H and O–H groups in total.